The van der Waals surface area contributed by atoms with Crippen molar-refractivity contribution in [1.29, 1.82) is 0 Å². The third-order valence-electron chi connectivity index (χ3n) is 10.4. The first kappa shape index (κ1) is 45.5. The maximum Gasteiger partial charge on any atom is 0.408 e. The van der Waals surface area contributed by atoms with Crippen LogP contribution in [0, 0.1) is 23.7 Å². The Labute approximate surface area is 346 Å². The number of alkyl carbamates (subject to hydrolysis) is 1. The van der Waals surface area contributed by atoms with Gasteiger partial charge in [-0.25, -0.2) is 4.79 Å². The monoisotopic (exact) mass is 804 g/mol. The highest BCUT2D eigenvalue weighted by Crippen LogP contribution is 2.22. The second-order valence-electron chi connectivity index (χ2n) is 15.6. The summed E-state index contributed by atoms with van der Waals surface area (Å²) >= 11 is 0. The van der Waals surface area contributed by atoms with E-state index < -0.39 is 77.5 Å². The normalized spacial score (nSPS) is 13.6. The molecule has 0 bridgehead atoms. The van der Waals surface area contributed by atoms with Crippen molar-refractivity contribution in [2.45, 2.75) is 84.9 Å². The fourth-order valence-corrected chi connectivity index (χ4v) is 6.89. The molecule has 0 radical (unpaired) electrons. The molecule has 5 N–H and O–H groups in total. The van der Waals surface area contributed by atoms with Gasteiger partial charge in [0, 0.05) is 24.7 Å². The molecule has 4 rings (SSSR count). The van der Waals surface area contributed by atoms with Crippen LogP contribution in [0.25, 0.3) is 10.8 Å². The number of ketones is 3. The number of benzene rings is 4. The number of carbonyl (C=O) groups excluding carboxylic acids is 7. The van der Waals surface area contributed by atoms with Crippen molar-refractivity contribution in [3.63, 3.8) is 0 Å². The molecule has 0 saturated carbocycles. The summed E-state index contributed by atoms with van der Waals surface area (Å²) in [6.07, 6.45) is -0.165. The van der Waals surface area contributed by atoms with E-state index >= 15 is 0 Å². The molecule has 4 aromatic rings. The molecule has 0 aromatic heterocycles. The van der Waals surface area contributed by atoms with Gasteiger partial charge in [-0.1, -0.05) is 137 Å². The Balaban J connectivity index is 1.40. The number of hydrogen-bond donors (Lipinski definition) is 4. The molecule has 12 nitrogen and oxygen atoms in total. The maximum atomic E-state index is 14.0. The fraction of sp³-hybridized carbons (Fsp3) is 0.383. The van der Waals surface area contributed by atoms with E-state index in [1.807, 2.05) is 124 Å². The molecule has 0 fully saturated rings. The summed E-state index contributed by atoms with van der Waals surface area (Å²) < 4.78 is 5.41. The van der Waals surface area contributed by atoms with Crippen molar-refractivity contribution in [1.82, 2.24) is 16.0 Å². The number of fused-ring (bicyclic) bond motifs is 1. The van der Waals surface area contributed by atoms with Crippen LogP contribution < -0.4 is 21.7 Å². The van der Waals surface area contributed by atoms with Crippen molar-refractivity contribution in [2.75, 3.05) is 6.54 Å². The molecular weight excluding hydrogens is 749 g/mol. The van der Waals surface area contributed by atoms with E-state index in [0.717, 1.165) is 27.5 Å². The Kier molecular flexibility index (Phi) is 17.5. The predicted molar refractivity (Wildman–Crippen MR) is 226 cm³/mol. The maximum absolute atomic E-state index is 14.0. The number of nitrogens with two attached hydrogens (primary N) is 1. The second-order valence-corrected chi connectivity index (χ2v) is 15.6. The van der Waals surface area contributed by atoms with Crippen LogP contribution in [-0.4, -0.2) is 59.8 Å². The minimum atomic E-state index is -1.25. The molecule has 59 heavy (non-hydrogen) atoms. The van der Waals surface area contributed by atoms with Crippen molar-refractivity contribution in [3.8, 4) is 0 Å². The summed E-state index contributed by atoms with van der Waals surface area (Å²) in [6.45, 7) is 6.82. The predicted octanol–water partition coefficient (Wildman–Crippen LogP) is 5.82. The quantitative estimate of drug-likeness (QED) is 0.0675. The third kappa shape index (κ3) is 14.6. The first-order chi connectivity index (χ1) is 28.2. The highest BCUT2D eigenvalue weighted by Gasteiger charge is 2.35. The molecule has 12 heteroatoms. The molecular formula is C47H56N4O8. The number of hydrogen-bond acceptors (Lipinski definition) is 8. The number of carbonyl (C=O) groups is 7. The SMILES string of the molecule is CC[C@H](C)C(NC(=O)[C@@H](CC(=O)[C@H](Cc1ccccc1)NC(=O)OCc1ccccc1)CC(C)C)C(=O)C(=O)NCC(=O)C[C@@H](Cc1ccc2ccccc2c1)C(N)=O. The average Bonchev–Trinajstić information content (AvgIpc) is 3.23. The Morgan fingerprint density at radius 1 is 0.678 bits per heavy atom. The van der Waals surface area contributed by atoms with Crippen LogP contribution in [0.15, 0.2) is 103 Å². The fourth-order valence-electron chi connectivity index (χ4n) is 6.89. The number of nitrogens with one attached hydrogen (secondary N) is 3. The van der Waals surface area contributed by atoms with Crippen LogP contribution in [0.2, 0.25) is 0 Å². The lowest BCUT2D eigenvalue weighted by Crippen LogP contribution is -2.53. The van der Waals surface area contributed by atoms with Gasteiger partial charge in [0.05, 0.1) is 18.6 Å². The molecule has 5 atom stereocenters. The summed E-state index contributed by atoms with van der Waals surface area (Å²) in [6, 6.07) is 29.5. The van der Waals surface area contributed by atoms with Gasteiger partial charge in [-0.15, -0.1) is 0 Å². The van der Waals surface area contributed by atoms with Crippen molar-refractivity contribution >= 4 is 51.9 Å². The number of rotatable bonds is 23. The minimum Gasteiger partial charge on any atom is -0.445 e. The van der Waals surface area contributed by atoms with E-state index in [4.69, 9.17) is 10.5 Å². The number of amides is 4. The van der Waals surface area contributed by atoms with Gasteiger partial charge in [0.25, 0.3) is 5.91 Å². The van der Waals surface area contributed by atoms with Crippen LogP contribution in [0.1, 0.15) is 70.1 Å². The Morgan fingerprint density at radius 2 is 1.31 bits per heavy atom. The van der Waals surface area contributed by atoms with Gasteiger partial charge < -0.3 is 26.4 Å². The van der Waals surface area contributed by atoms with Crippen LogP contribution in [0.3, 0.4) is 0 Å². The first-order valence-electron chi connectivity index (χ1n) is 20.2. The van der Waals surface area contributed by atoms with Gasteiger partial charge in [-0.05, 0) is 58.6 Å². The highest BCUT2D eigenvalue weighted by atomic mass is 16.5. The third-order valence-corrected chi connectivity index (χ3v) is 10.4. The van der Waals surface area contributed by atoms with Crippen molar-refractivity contribution in [2.24, 2.45) is 29.4 Å². The Hall–Kier alpha value is -6.17. The zero-order valence-corrected chi connectivity index (χ0v) is 34.3. The standard InChI is InChI=1S/C47H56N4O8/c1-5-31(4)42(43(54)46(57)49-28-39(52)26-37(44(48)55)24-34-20-21-35-18-12-13-19-36(35)23-34)51-45(56)38(22-30(2)3)27-41(53)40(25-32-14-8-6-9-15-32)50-47(58)59-29-33-16-10-7-11-17-33/h6-21,23,30-31,37-38,40,42H,5,22,24-29H2,1-4H3,(H2,48,55)(H,49,57)(H,50,58)(H,51,56)/t31-,37+,38+,40-,42?/m0/s1. The summed E-state index contributed by atoms with van der Waals surface area (Å²) in [5.41, 5.74) is 8.05. The zero-order chi connectivity index (χ0) is 42.9. The number of ether oxygens (including phenoxy) is 1. The lowest BCUT2D eigenvalue weighted by molar-refractivity contribution is -0.142. The molecule has 0 aliphatic rings. The molecule has 4 aromatic carbocycles. The lowest BCUT2D eigenvalue weighted by atomic mass is 9.87. The van der Waals surface area contributed by atoms with Gasteiger partial charge in [0.2, 0.25) is 17.6 Å². The van der Waals surface area contributed by atoms with Crippen LogP contribution in [-0.2, 0) is 53.0 Å². The topological polar surface area (TPSA) is 191 Å². The largest absolute Gasteiger partial charge is 0.445 e. The summed E-state index contributed by atoms with van der Waals surface area (Å²) in [5.74, 6) is -6.35. The van der Waals surface area contributed by atoms with Crippen LogP contribution in [0.5, 0.6) is 0 Å². The number of Topliss-reactive ketones (excluding diaryl/α,β-unsaturated/α-hetero) is 3. The molecule has 0 heterocycles. The molecule has 4 amide bonds. The second kappa shape index (κ2) is 22.7. The summed E-state index contributed by atoms with van der Waals surface area (Å²) in [7, 11) is 0. The lowest BCUT2D eigenvalue weighted by Gasteiger charge is -2.27. The molecule has 312 valence electrons. The molecule has 0 spiro atoms. The summed E-state index contributed by atoms with van der Waals surface area (Å²) in [4.78, 5) is 92.9. The van der Waals surface area contributed by atoms with E-state index in [1.54, 1.807) is 6.92 Å². The van der Waals surface area contributed by atoms with Gasteiger partial charge in [0.1, 0.15) is 6.61 Å². The zero-order valence-electron chi connectivity index (χ0n) is 34.3. The van der Waals surface area contributed by atoms with Crippen LogP contribution >= 0.6 is 0 Å². The Bertz CT molecular complexity index is 2070. The number of primary amides is 1. The summed E-state index contributed by atoms with van der Waals surface area (Å²) in [5, 5.41) is 9.82. The molecule has 0 aliphatic carbocycles. The first-order valence-corrected chi connectivity index (χ1v) is 20.2. The molecule has 0 aliphatic heterocycles. The Morgan fingerprint density at radius 3 is 1.93 bits per heavy atom. The van der Waals surface area contributed by atoms with Gasteiger partial charge in [-0.2, -0.15) is 0 Å². The van der Waals surface area contributed by atoms with E-state index in [0.29, 0.717) is 6.42 Å². The van der Waals surface area contributed by atoms with E-state index in [1.165, 1.54) is 0 Å². The van der Waals surface area contributed by atoms with E-state index in [2.05, 4.69) is 16.0 Å². The minimum absolute atomic E-state index is 0.00401. The molecule has 0 saturated heterocycles. The van der Waals surface area contributed by atoms with E-state index in [-0.39, 0.29) is 44.6 Å². The van der Waals surface area contributed by atoms with Crippen molar-refractivity contribution < 1.29 is 38.3 Å². The average molecular weight is 805 g/mol. The smallest absolute Gasteiger partial charge is 0.408 e. The molecule has 1 unspecified atom stereocenters. The van der Waals surface area contributed by atoms with Gasteiger partial charge in [-0.3, -0.25) is 28.8 Å². The van der Waals surface area contributed by atoms with Crippen LogP contribution in [0.4, 0.5) is 4.79 Å². The van der Waals surface area contributed by atoms with E-state index in [9.17, 15) is 33.6 Å². The van der Waals surface area contributed by atoms with Gasteiger partial charge >= 0.3 is 6.09 Å². The highest BCUT2D eigenvalue weighted by molar-refractivity contribution is 6.38. The van der Waals surface area contributed by atoms with Gasteiger partial charge in [0.15, 0.2) is 11.6 Å². The van der Waals surface area contributed by atoms with Crippen molar-refractivity contribution in [3.05, 3.63) is 120 Å².